The minimum absolute atomic E-state index is 0. The molecule has 1 heterocycles. The molecule has 0 aromatic carbocycles. The summed E-state index contributed by atoms with van der Waals surface area (Å²) in [6, 6.07) is 0.275. The number of halogens is 1. The Morgan fingerprint density at radius 2 is 1.96 bits per heavy atom. The zero-order valence-corrected chi connectivity index (χ0v) is 17.7. The summed E-state index contributed by atoms with van der Waals surface area (Å²) in [5.74, 6) is 0.614. The maximum atomic E-state index is 11.7. The topological polar surface area (TPSA) is 89.1 Å². The molecule has 9 heteroatoms. The highest BCUT2D eigenvalue weighted by Crippen LogP contribution is 2.09. The number of amides is 2. The first-order valence-electron chi connectivity index (χ1n) is 8.25. The SMILES string of the molecule is C=CCNC(=NCC(=O)N(C)C)NC1CCN(CC(=O)NC)CC1.I. The van der Waals surface area contributed by atoms with Crippen LogP contribution < -0.4 is 16.0 Å². The van der Waals surface area contributed by atoms with Crippen LogP contribution in [0.25, 0.3) is 0 Å². The van der Waals surface area contributed by atoms with E-state index in [0.717, 1.165) is 25.9 Å². The molecule has 0 aromatic heterocycles. The van der Waals surface area contributed by atoms with Crippen LogP contribution in [0.4, 0.5) is 0 Å². The van der Waals surface area contributed by atoms with Gasteiger partial charge in [0.1, 0.15) is 6.54 Å². The molecule has 0 unspecified atom stereocenters. The van der Waals surface area contributed by atoms with E-state index in [9.17, 15) is 9.59 Å². The third-order valence-corrected chi connectivity index (χ3v) is 3.86. The van der Waals surface area contributed by atoms with Gasteiger partial charge in [0.15, 0.2) is 5.96 Å². The van der Waals surface area contributed by atoms with Gasteiger partial charge in [-0.05, 0) is 12.8 Å². The van der Waals surface area contributed by atoms with Crippen molar-refractivity contribution in [1.29, 1.82) is 0 Å². The van der Waals surface area contributed by atoms with E-state index in [-0.39, 0.29) is 48.4 Å². The number of carbonyl (C=O) groups is 2. The fraction of sp³-hybridized carbons (Fsp3) is 0.688. The molecule has 1 fully saturated rings. The molecular formula is C16H31IN6O2. The first-order chi connectivity index (χ1) is 11.5. The molecule has 0 spiro atoms. The van der Waals surface area contributed by atoms with Crippen molar-refractivity contribution in [2.75, 3.05) is 53.9 Å². The third-order valence-electron chi connectivity index (χ3n) is 3.86. The van der Waals surface area contributed by atoms with Gasteiger partial charge in [0, 0.05) is 46.8 Å². The molecule has 1 aliphatic rings. The Morgan fingerprint density at radius 3 is 2.48 bits per heavy atom. The normalized spacial score (nSPS) is 15.7. The number of nitrogens with zero attached hydrogens (tertiary/aromatic N) is 3. The fourth-order valence-electron chi connectivity index (χ4n) is 2.32. The van der Waals surface area contributed by atoms with E-state index in [4.69, 9.17) is 0 Å². The van der Waals surface area contributed by atoms with Gasteiger partial charge < -0.3 is 20.9 Å². The minimum Gasteiger partial charge on any atom is -0.358 e. The Bertz CT molecular complexity index is 462. The zero-order valence-electron chi connectivity index (χ0n) is 15.4. The molecule has 1 aliphatic heterocycles. The smallest absolute Gasteiger partial charge is 0.243 e. The Morgan fingerprint density at radius 1 is 1.32 bits per heavy atom. The van der Waals surface area contributed by atoms with Crippen LogP contribution in [0.1, 0.15) is 12.8 Å². The number of aliphatic imine (C=N–C) groups is 1. The summed E-state index contributed by atoms with van der Waals surface area (Å²) in [5, 5.41) is 9.15. The lowest BCUT2D eigenvalue weighted by Gasteiger charge is -2.32. The first kappa shape index (κ1) is 23.6. The molecule has 0 aliphatic carbocycles. The monoisotopic (exact) mass is 466 g/mol. The van der Waals surface area contributed by atoms with Crippen LogP contribution in [0, 0.1) is 0 Å². The third kappa shape index (κ3) is 9.63. The second kappa shape index (κ2) is 12.9. The Balaban J connectivity index is 0.00000576. The minimum atomic E-state index is -0.0462. The van der Waals surface area contributed by atoms with Crippen LogP contribution >= 0.6 is 24.0 Å². The lowest BCUT2D eigenvalue weighted by Crippen LogP contribution is -2.50. The van der Waals surface area contributed by atoms with Crippen LogP contribution in [0.3, 0.4) is 0 Å². The molecule has 0 atom stereocenters. The standard InChI is InChI=1S/C16H30N6O2.HI/c1-5-8-18-16(19-11-15(24)21(3)4)20-13-6-9-22(10-7-13)12-14(23)17-2;/h5,13H,1,6-12H2,2-4H3,(H,17,23)(H2,18,19,20);1H. The van der Waals surface area contributed by atoms with Gasteiger partial charge in [0.05, 0.1) is 6.54 Å². The highest BCUT2D eigenvalue weighted by Gasteiger charge is 2.21. The van der Waals surface area contributed by atoms with Gasteiger partial charge >= 0.3 is 0 Å². The van der Waals surface area contributed by atoms with E-state index in [1.165, 1.54) is 4.90 Å². The lowest BCUT2D eigenvalue weighted by atomic mass is 10.1. The highest BCUT2D eigenvalue weighted by atomic mass is 127. The molecule has 1 rings (SSSR count). The summed E-state index contributed by atoms with van der Waals surface area (Å²) in [5.41, 5.74) is 0. The summed E-state index contributed by atoms with van der Waals surface area (Å²) in [7, 11) is 5.08. The average Bonchev–Trinajstić information content (AvgIpc) is 2.58. The van der Waals surface area contributed by atoms with Gasteiger partial charge in [-0.15, -0.1) is 30.6 Å². The largest absolute Gasteiger partial charge is 0.358 e. The van der Waals surface area contributed by atoms with Crippen molar-refractivity contribution >= 4 is 41.8 Å². The van der Waals surface area contributed by atoms with Crippen LogP contribution in [0.2, 0.25) is 0 Å². The van der Waals surface area contributed by atoms with Gasteiger partial charge in [0.25, 0.3) is 0 Å². The van der Waals surface area contributed by atoms with E-state index in [0.29, 0.717) is 19.0 Å². The van der Waals surface area contributed by atoms with E-state index in [1.807, 2.05) is 0 Å². The number of likely N-dealkylation sites (N-methyl/N-ethyl adjacent to an activating group) is 2. The number of guanidine groups is 1. The molecule has 1 saturated heterocycles. The van der Waals surface area contributed by atoms with Crippen molar-refractivity contribution in [2.45, 2.75) is 18.9 Å². The molecule has 0 bridgehead atoms. The Labute approximate surface area is 167 Å². The number of likely N-dealkylation sites (tertiary alicyclic amines) is 1. The number of rotatable bonds is 7. The Hall–Kier alpha value is -1.36. The summed E-state index contributed by atoms with van der Waals surface area (Å²) in [6.07, 6.45) is 3.59. The van der Waals surface area contributed by atoms with Crippen LogP contribution in [0.5, 0.6) is 0 Å². The van der Waals surface area contributed by atoms with E-state index >= 15 is 0 Å². The number of piperidine rings is 1. The predicted molar refractivity (Wildman–Crippen MR) is 111 cm³/mol. The quantitative estimate of drug-likeness (QED) is 0.206. The summed E-state index contributed by atoms with van der Waals surface area (Å²) in [6.45, 7) is 6.53. The summed E-state index contributed by atoms with van der Waals surface area (Å²) >= 11 is 0. The second-order valence-corrected chi connectivity index (χ2v) is 5.99. The summed E-state index contributed by atoms with van der Waals surface area (Å²) < 4.78 is 0. The van der Waals surface area contributed by atoms with Crippen molar-refractivity contribution in [2.24, 2.45) is 4.99 Å². The van der Waals surface area contributed by atoms with Gasteiger partial charge in [0.2, 0.25) is 11.8 Å². The molecular weight excluding hydrogens is 435 g/mol. The molecule has 0 saturated carbocycles. The van der Waals surface area contributed by atoms with Gasteiger partial charge in [-0.3, -0.25) is 14.5 Å². The lowest BCUT2D eigenvalue weighted by molar-refractivity contribution is -0.127. The van der Waals surface area contributed by atoms with Gasteiger partial charge in [-0.1, -0.05) is 6.08 Å². The molecule has 25 heavy (non-hydrogen) atoms. The molecule has 8 nitrogen and oxygen atoms in total. The van der Waals surface area contributed by atoms with Crippen molar-refractivity contribution in [3.05, 3.63) is 12.7 Å². The van der Waals surface area contributed by atoms with Crippen LogP contribution in [-0.2, 0) is 9.59 Å². The maximum Gasteiger partial charge on any atom is 0.243 e. The van der Waals surface area contributed by atoms with E-state index in [1.54, 1.807) is 27.2 Å². The molecule has 0 radical (unpaired) electrons. The van der Waals surface area contributed by atoms with Crippen molar-refractivity contribution < 1.29 is 9.59 Å². The number of hydrogen-bond acceptors (Lipinski definition) is 4. The Kier molecular flexibility index (Phi) is 12.2. The number of nitrogens with one attached hydrogen (secondary N) is 3. The average molecular weight is 466 g/mol. The number of carbonyl (C=O) groups excluding carboxylic acids is 2. The zero-order chi connectivity index (χ0) is 17.9. The highest BCUT2D eigenvalue weighted by molar-refractivity contribution is 14.0. The van der Waals surface area contributed by atoms with Gasteiger partial charge in [-0.25, -0.2) is 4.99 Å². The molecule has 0 aromatic rings. The fourth-order valence-corrected chi connectivity index (χ4v) is 2.32. The van der Waals surface area contributed by atoms with Crippen molar-refractivity contribution in [3.63, 3.8) is 0 Å². The van der Waals surface area contributed by atoms with Crippen molar-refractivity contribution in [3.8, 4) is 0 Å². The summed E-state index contributed by atoms with van der Waals surface area (Å²) in [4.78, 5) is 31.1. The maximum absolute atomic E-state index is 11.7. The predicted octanol–water partition coefficient (Wildman–Crippen LogP) is -0.376. The first-order valence-corrected chi connectivity index (χ1v) is 8.25. The molecule has 2 amide bonds. The van der Waals surface area contributed by atoms with Crippen LogP contribution in [-0.4, -0.2) is 87.5 Å². The van der Waals surface area contributed by atoms with E-state index in [2.05, 4.69) is 32.4 Å². The molecule has 3 N–H and O–H groups in total. The second-order valence-electron chi connectivity index (χ2n) is 5.99. The van der Waals surface area contributed by atoms with Crippen molar-refractivity contribution in [1.82, 2.24) is 25.8 Å². The van der Waals surface area contributed by atoms with Gasteiger partial charge in [-0.2, -0.15) is 0 Å². The van der Waals surface area contributed by atoms with E-state index < -0.39 is 0 Å². The molecule has 144 valence electrons. The van der Waals surface area contributed by atoms with Crippen LogP contribution in [0.15, 0.2) is 17.6 Å². The number of hydrogen-bond donors (Lipinski definition) is 3.